The Morgan fingerprint density at radius 3 is 1.92 bits per heavy atom. The van der Waals surface area contributed by atoms with Crippen molar-refractivity contribution in [2.45, 2.75) is 13.8 Å². The summed E-state index contributed by atoms with van der Waals surface area (Å²) in [5, 5.41) is 0. The van der Waals surface area contributed by atoms with E-state index in [0.29, 0.717) is 0 Å². The predicted molar refractivity (Wildman–Crippen MR) is 47.6 cm³/mol. The summed E-state index contributed by atoms with van der Waals surface area (Å²) in [5.74, 6) is 0. The van der Waals surface area contributed by atoms with E-state index in [4.69, 9.17) is 5.73 Å². The third-order valence-electron chi connectivity index (χ3n) is 2.43. The van der Waals surface area contributed by atoms with Gasteiger partial charge < -0.3 is 5.73 Å². The van der Waals surface area contributed by atoms with Crippen molar-refractivity contribution in [1.82, 2.24) is 4.57 Å². The minimum atomic E-state index is -0.402. The largest absolute Gasteiger partial charge is 0.351 e. The standard InChI is InChI=1S/C9H10N2O/c1-5-6(2)8-4-3-7(5)11(8)9(10)12/h3-4H,1-2H3,(H2,10,12). The van der Waals surface area contributed by atoms with Crippen LogP contribution in [0.4, 0.5) is 4.79 Å². The van der Waals surface area contributed by atoms with Gasteiger partial charge >= 0.3 is 6.03 Å². The molecule has 2 heterocycles. The molecule has 0 saturated heterocycles. The van der Waals surface area contributed by atoms with Gasteiger partial charge in [0.2, 0.25) is 0 Å². The lowest BCUT2D eigenvalue weighted by Gasteiger charge is -1.94. The summed E-state index contributed by atoms with van der Waals surface area (Å²) >= 11 is 0. The van der Waals surface area contributed by atoms with Crippen molar-refractivity contribution in [3.05, 3.63) is 23.3 Å². The number of nitrogens with zero attached hydrogens (tertiary/aromatic N) is 1. The zero-order chi connectivity index (χ0) is 8.88. The molecule has 0 fully saturated rings. The van der Waals surface area contributed by atoms with Gasteiger partial charge in [0.15, 0.2) is 0 Å². The van der Waals surface area contributed by atoms with Gasteiger partial charge in [-0.3, -0.25) is 4.57 Å². The molecular weight excluding hydrogens is 152 g/mol. The third kappa shape index (κ3) is 0.630. The Labute approximate surface area is 70.1 Å². The summed E-state index contributed by atoms with van der Waals surface area (Å²) < 4.78 is 1.55. The second-order valence-electron chi connectivity index (χ2n) is 3.03. The maximum absolute atomic E-state index is 11.0. The number of carbonyl (C=O) groups is 1. The van der Waals surface area contributed by atoms with Crippen LogP contribution in [0.15, 0.2) is 12.1 Å². The Bertz CT molecular complexity index is 408. The van der Waals surface area contributed by atoms with E-state index >= 15 is 0 Å². The number of aromatic nitrogens is 1. The number of amides is 1. The Morgan fingerprint density at radius 2 is 1.67 bits per heavy atom. The third-order valence-corrected chi connectivity index (χ3v) is 2.43. The van der Waals surface area contributed by atoms with Gasteiger partial charge in [-0.1, -0.05) is 0 Å². The van der Waals surface area contributed by atoms with E-state index in [2.05, 4.69) is 0 Å². The zero-order valence-electron chi connectivity index (χ0n) is 7.09. The molecule has 2 aromatic rings. The van der Waals surface area contributed by atoms with Gasteiger partial charge in [-0.25, -0.2) is 4.79 Å². The topological polar surface area (TPSA) is 48.0 Å². The van der Waals surface area contributed by atoms with Crippen molar-refractivity contribution in [2.24, 2.45) is 5.73 Å². The molecular formula is C9H10N2O. The highest BCUT2D eigenvalue weighted by Crippen LogP contribution is 2.26. The Morgan fingerprint density at radius 1 is 1.25 bits per heavy atom. The van der Waals surface area contributed by atoms with Crippen molar-refractivity contribution >= 4 is 17.1 Å². The number of primary amides is 1. The SMILES string of the molecule is Cc1c(C)c2ccc1n2C(N)=O. The highest BCUT2D eigenvalue weighted by molar-refractivity contribution is 5.93. The number of hydrogen-bond acceptors (Lipinski definition) is 1. The molecule has 0 aliphatic carbocycles. The van der Waals surface area contributed by atoms with Crippen molar-refractivity contribution in [3.8, 4) is 0 Å². The number of rotatable bonds is 0. The second kappa shape index (κ2) is 2.00. The zero-order valence-corrected chi connectivity index (χ0v) is 7.09. The Hall–Kier alpha value is -1.51. The second-order valence-corrected chi connectivity index (χ2v) is 3.03. The fraction of sp³-hybridized carbons (Fsp3) is 0.222. The molecule has 12 heavy (non-hydrogen) atoms. The molecule has 3 heteroatoms. The van der Waals surface area contributed by atoms with Gasteiger partial charge in [0.1, 0.15) is 0 Å². The van der Waals surface area contributed by atoms with Crippen molar-refractivity contribution in [1.29, 1.82) is 0 Å². The molecule has 0 atom stereocenters. The molecule has 0 radical (unpaired) electrons. The van der Waals surface area contributed by atoms with Crippen LogP contribution in [0.25, 0.3) is 11.0 Å². The molecule has 0 aromatic carbocycles. The fourth-order valence-electron chi connectivity index (χ4n) is 1.64. The first-order valence-electron chi connectivity index (χ1n) is 3.82. The molecule has 3 nitrogen and oxygen atoms in total. The van der Waals surface area contributed by atoms with Crippen LogP contribution in [0.3, 0.4) is 0 Å². The smallest absolute Gasteiger partial charge is 0.323 e. The molecule has 62 valence electrons. The lowest BCUT2D eigenvalue weighted by molar-refractivity contribution is 0.252. The maximum Gasteiger partial charge on any atom is 0.323 e. The lowest BCUT2D eigenvalue weighted by atomic mass is 10.1. The van der Waals surface area contributed by atoms with Gasteiger partial charge in [-0.15, -0.1) is 0 Å². The van der Waals surface area contributed by atoms with E-state index in [0.717, 1.165) is 22.2 Å². The average molecular weight is 162 g/mol. The van der Waals surface area contributed by atoms with Gasteiger partial charge in [-0.05, 0) is 37.1 Å². The van der Waals surface area contributed by atoms with E-state index in [-0.39, 0.29) is 0 Å². The highest BCUT2D eigenvalue weighted by Gasteiger charge is 2.15. The van der Waals surface area contributed by atoms with E-state index in [9.17, 15) is 4.79 Å². The Kier molecular flexibility index (Phi) is 1.19. The first kappa shape index (κ1) is 7.16. The molecule has 1 amide bonds. The van der Waals surface area contributed by atoms with Gasteiger partial charge in [-0.2, -0.15) is 0 Å². The molecule has 0 aliphatic rings. The highest BCUT2D eigenvalue weighted by atomic mass is 16.2. The minimum absolute atomic E-state index is 0.402. The van der Waals surface area contributed by atoms with Crippen LogP contribution in [-0.2, 0) is 0 Å². The number of hydrogen-bond donors (Lipinski definition) is 1. The van der Waals surface area contributed by atoms with E-state index < -0.39 is 6.03 Å². The number of fused-ring (bicyclic) bond motifs is 2. The molecule has 2 bridgehead atoms. The quantitative estimate of drug-likeness (QED) is 0.628. The summed E-state index contributed by atoms with van der Waals surface area (Å²) in [6.07, 6.45) is 0. The number of nitrogens with two attached hydrogens (primary N) is 1. The molecule has 0 unspecified atom stereocenters. The van der Waals surface area contributed by atoms with Crippen LogP contribution in [0, 0.1) is 13.8 Å². The number of benzene rings is 1. The molecule has 0 aliphatic heterocycles. The lowest BCUT2D eigenvalue weighted by Crippen LogP contribution is -2.17. The summed E-state index contributed by atoms with van der Waals surface area (Å²) in [6.45, 7) is 3.99. The van der Waals surface area contributed by atoms with Crippen molar-refractivity contribution in [3.63, 3.8) is 0 Å². The molecule has 2 rings (SSSR count). The van der Waals surface area contributed by atoms with E-state index in [1.807, 2.05) is 26.0 Å². The molecule has 2 N–H and O–H groups in total. The number of aryl methyl sites for hydroxylation is 2. The summed E-state index contributed by atoms with van der Waals surface area (Å²) in [5.41, 5.74) is 9.36. The minimum Gasteiger partial charge on any atom is -0.351 e. The van der Waals surface area contributed by atoms with Crippen LogP contribution in [0.2, 0.25) is 0 Å². The van der Waals surface area contributed by atoms with Crippen molar-refractivity contribution in [2.75, 3.05) is 0 Å². The van der Waals surface area contributed by atoms with Gasteiger partial charge in [0, 0.05) is 0 Å². The summed E-state index contributed by atoms with van der Waals surface area (Å²) in [4.78, 5) is 11.0. The summed E-state index contributed by atoms with van der Waals surface area (Å²) in [7, 11) is 0. The summed E-state index contributed by atoms with van der Waals surface area (Å²) in [6, 6.07) is 3.44. The van der Waals surface area contributed by atoms with Gasteiger partial charge in [0.25, 0.3) is 0 Å². The Balaban J connectivity index is 2.89. The van der Waals surface area contributed by atoms with Gasteiger partial charge in [0.05, 0.1) is 11.0 Å². The molecule has 0 saturated carbocycles. The normalized spacial score (nSPS) is 11.2. The monoisotopic (exact) mass is 162 g/mol. The van der Waals surface area contributed by atoms with E-state index in [1.54, 1.807) is 4.57 Å². The first-order chi connectivity index (χ1) is 5.63. The maximum atomic E-state index is 11.0. The fourth-order valence-corrected chi connectivity index (χ4v) is 1.64. The van der Waals surface area contributed by atoms with Crippen molar-refractivity contribution < 1.29 is 4.79 Å². The van der Waals surface area contributed by atoms with Crippen LogP contribution in [0.5, 0.6) is 0 Å². The first-order valence-corrected chi connectivity index (χ1v) is 3.82. The predicted octanol–water partition coefficient (Wildman–Crippen LogP) is 1.62. The van der Waals surface area contributed by atoms with Crippen LogP contribution >= 0.6 is 0 Å². The van der Waals surface area contributed by atoms with Crippen LogP contribution < -0.4 is 5.73 Å². The average Bonchev–Trinajstić information content (AvgIpc) is 2.51. The van der Waals surface area contributed by atoms with E-state index in [1.165, 1.54) is 0 Å². The molecule has 0 spiro atoms. The van der Waals surface area contributed by atoms with Crippen LogP contribution in [0.1, 0.15) is 11.1 Å². The molecule has 2 aromatic heterocycles. The number of carbonyl (C=O) groups excluding carboxylic acids is 1. The van der Waals surface area contributed by atoms with Crippen LogP contribution in [-0.4, -0.2) is 10.6 Å².